The topological polar surface area (TPSA) is 72.0 Å². The summed E-state index contributed by atoms with van der Waals surface area (Å²) >= 11 is 0. The van der Waals surface area contributed by atoms with Gasteiger partial charge in [0.2, 0.25) is 0 Å². The van der Waals surface area contributed by atoms with Crippen LogP contribution in [0.2, 0.25) is 0 Å². The van der Waals surface area contributed by atoms with Crippen molar-refractivity contribution >= 4 is 33.2 Å². The monoisotopic (exact) mass is 897 g/mol. The van der Waals surface area contributed by atoms with E-state index >= 15 is 0 Å². The summed E-state index contributed by atoms with van der Waals surface area (Å²) in [5.41, 5.74) is 6.03. The Morgan fingerprint density at radius 1 is 0.981 bits per heavy atom. The van der Waals surface area contributed by atoms with Gasteiger partial charge in [0.1, 0.15) is 29.0 Å². The Morgan fingerprint density at radius 2 is 1.62 bits per heavy atom. The Hall–Kier alpha value is -3.21. The Balaban J connectivity index is 0.000000299. The molecule has 0 aliphatic carbocycles. The van der Waals surface area contributed by atoms with Gasteiger partial charge < -0.3 is 19.3 Å². The minimum absolute atomic E-state index is 0. The minimum atomic E-state index is -0.337. The van der Waals surface area contributed by atoms with Crippen molar-refractivity contribution in [2.45, 2.75) is 139 Å². The number of rotatable bonds is 10. The molecule has 53 heavy (non-hydrogen) atoms. The van der Waals surface area contributed by atoms with Crippen LogP contribution in [0.25, 0.3) is 21.7 Å². The number of hydrogen-bond acceptors (Lipinski definition) is 5. The molecule has 3 heterocycles. The van der Waals surface area contributed by atoms with E-state index in [1.807, 2.05) is 41.5 Å². The van der Waals surface area contributed by atoms with E-state index < -0.39 is 0 Å². The largest absolute Gasteiger partial charge is 0.512 e. The summed E-state index contributed by atoms with van der Waals surface area (Å²) in [4.78, 5) is 17.3. The van der Waals surface area contributed by atoms with Gasteiger partial charge in [0, 0.05) is 72.7 Å². The number of aliphatic hydroxyl groups excluding tert-OH is 1. The third-order valence-electron chi connectivity index (χ3n) is 12.2. The fourth-order valence-corrected chi connectivity index (χ4v) is 7.54. The molecule has 0 spiro atoms. The molecular formula is C47H62IrNO4-. The van der Waals surface area contributed by atoms with Gasteiger partial charge in [-0.05, 0) is 49.5 Å². The van der Waals surface area contributed by atoms with E-state index in [4.69, 9.17) is 14.1 Å². The molecule has 6 rings (SSSR count). The van der Waals surface area contributed by atoms with Crippen molar-refractivity contribution in [1.82, 2.24) is 0 Å². The molecule has 6 heteroatoms. The van der Waals surface area contributed by atoms with E-state index in [1.165, 1.54) is 22.6 Å². The van der Waals surface area contributed by atoms with Crippen molar-refractivity contribution in [3.63, 3.8) is 0 Å². The zero-order valence-corrected chi connectivity index (χ0v) is 36.6. The summed E-state index contributed by atoms with van der Waals surface area (Å²) in [6.07, 6.45) is 6.81. The van der Waals surface area contributed by atoms with E-state index in [0.717, 1.165) is 89.8 Å². The van der Waals surface area contributed by atoms with Crippen LogP contribution in [0.4, 0.5) is 0 Å². The average Bonchev–Trinajstić information content (AvgIpc) is 3.66. The Labute approximate surface area is 332 Å². The first-order chi connectivity index (χ1) is 24.5. The molecule has 289 valence electrons. The molecular weight excluding hydrogens is 835 g/mol. The quantitative estimate of drug-likeness (QED) is 0.0978. The van der Waals surface area contributed by atoms with Crippen LogP contribution in [0.5, 0.6) is 5.75 Å². The maximum Gasteiger partial charge on any atom is 0.164 e. The second kappa shape index (κ2) is 16.7. The van der Waals surface area contributed by atoms with Crippen LogP contribution in [0.15, 0.2) is 63.7 Å². The number of ether oxygens (including phenoxy) is 1. The van der Waals surface area contributed by atoms with E-state index in [2.05, 4.69) is 90.1 Å². The fourth-order valence-electron chi connectivity index (χ4n) is 7.54. The van der Waals surface area contributed by atoms with Crippen LogP contribution in [0, 0.1) is 22.8 Å². The number of aliphatic hydroxyl groups is 1. The van der Waals surface area contributed by atoms with Gasteiger partial charge in [-0.3, -0.25) is 4.79 Å². The Kier molecular flexibility index (Phi) is 13.4. The van der Waals surface area contributed by atoms with Crippen molar-refractivity contribution in [2.75, 3.05) is 6.54 Å². The van der Waals surface area contributed by atoms with E-state index in [9.17, 15) is 9.90 Å². The van der Waals surface area contributed by atoms with Crippen LogP contribution in [0.1, 0.15) is 149 Å². The fraction of sp³-hybridized carbons (Fsp3) is 0.532. The number of carbonyl (C=O) groups excluding carboxylic acids is 1. The molecule has 0 saturated carbocycles. The van der Waals surface area contributed by atoms with E-state index in [1.54, 1.807) is 0 Å². The van der Waals surface area contributed by atoms with Gasteiger partial charge in [0.25, 0.3) is 0 Å². The number of hydrogen-bond donors (Lipinski definition) is 1. The molecule has 2 unspecified atom stereocenters. The molecule has 4 aromatic rings. The summed E-state index contributed by atoms with van der Waals surface area (Å²) in [6.45, 7) is 26.5. The molecule has 3 aromatic carbocycles. The number of allylic oxidation sites excluding steroid dienone is 2. The summed E-state index contributed by atoms with van der Waals surface area (Å²) in [6, 6.07) is 18.9. The summed E-state index contributed by atoms with van der Waals surface area (Å²) in [7, 11) is 0. The van der Waals surface area contributed by atoms with Crippen LogP contribution in [-0.2, 0) is 36.7 Å². The van der Waals surface area contributed by atoms with Crippen molar-refractivity contribution in [1.29, 1.82) is 0 Å². The number of benzene rings is 3. The van der Waals surface area contributed by atoms with Gasteiger partial charge in [-0.2, -0.15) is 0 Å². The number of nitrogens with zero attached hydrogens (tertiary/aromatic N) is 1. The number of aliphatic imine (C=N–C) groups is 1. The van der Waals surface area contributed by atoms with E-state index in [0.29, 0.717) is 11.8 Å². The molecule has 0 bridgehead atoms. The molecule has 5 nitrogen and oxygen atoms in total. The molecule has 2 atom stereocenters. The predicted octanol–water partition coefficient (Wildman–Crippen LogP) is 12.6. The van der Waals surface area contributed by atoms with Crippen molar-refractivity contribution < 1.29 is 39.2 Å². The van der Waals surface area contributed by atoms with Gasteiger partial charge >= 0.3 is 0 Å². The molecule has 0 amide bonds. The number of carbonyl (C=O) groups is 1. The van der Waals surface area contributed by atoms with Gasteiger partial charge in [-0.15, -0.1) is 29.1 Å². The Morgan fingerprint density at radius 3 is 2.23 bits per heavy atom. The van der Waals surface area contributed by atoms with Gasteiger partial charge in [-0.25, -0.2) is 0 Å². The molecule has 2 aliphatic rings. The number of ketones is 1. The number of fused-ring (bicyclic) bond motifs is 6. The first-order valence-corrected chi connectivity index (χ1v) is 19.7. The van der Waals surface area contributed by atoms with Crippen molar-refractivity contribution in [3.05, 3.63) is 88.4 Å². The minimum Gasteiger partial charge on any atom is -0.512 e. The van der Waals surface area contributed by atoms with Crippen molar-refractivity contribution in [3.8, 4) is 5.75 Å². The van der Waals surface area contributed by atoms with Crippen LogP contribution >= 0.6 is 0 Å². The normalized spacial score (nSPS) is 17.5. The first kappa shape index (κ1) is 42.5. The molecule has 0 fully saturated rings. The molecule has 1 radical (unpaired) electrons. The SMILES string of the molecule is CC(C)CC1Oc2c(ccc3oc4c(c23)C(c2[c-]c3ccccc3c(C(C)(C)C)c2)=NCC4)C1C.CCC(C)(CC)C(=O)/C=C(\O)C(C)(CC)CC.[Ir]. The van der Waals surface area contributed by atoms with Gasteiger partial charge in [0.15, 0.2) is 5.78 Å². The second-order valence-corrected chi connectivity index (χ2v) is 17.1. The average molecular weight is 897 g/mol. The third kappa shape index (κ3) is 8.40. The van der Waals surface area contributed by atoms with Gasteiger partial charge in [0.05, 0.1) is 5.39 Å². The van der Waals surface area contributed by atoms with Gasteiger partial charge in [-0.1, -0.05) is 118 Å². The van der Waals surface area contributed by atoms with E-state index in [-0.39, 0.29) is 54.0 Å². The third-order valence-corrected chi connectivity index (χ3v) is 12.2. The van der Waals surface area contributed by atoms with Crippen LogP contribution in [-0.4, -0.2) is 29.3 Å². The molecule has 2 aliphatic heterocycles. The van der Waals surface area contributed by atoms with Crippen LogP contribution < -0.4 is 4.74 Å². The zero-order chi connectivity index (χ0) is 38.2. The first-order valence-electron chi connectivity index (χ1n) is 19.7. The zero-order valence-electron chi connectivity index (χ0n) is 34.3. The maximum absolute atomic E-state index is 12.2. The Bertz CT molecular complexity index is 1980. The van der Waals surface area contributed by atoms with Crippen molar-refractivity contribution in [2.24, 2.45) is 21.7 Å². The maximum atomic E-state index is 12.2. The molecule has 1 aromatic heterocycles. The second-order valence-electron chi connectivity index (χ2n) is 17.1. The standard InChI is InChI=1S/C32H34NO2.C15H28O2.Ir/c1-18(2)15-27-19(3)22-11-12-25-29(31(22)35-27)28-26(34-25)13-14-33-30(28)21-16-20-9-7-8-10-23(20)24(17-21)32(4,5)6;1-7-14(5,8-2)12(16)11-13(17)15(6,9-3)10-4;/h7-12,17-19,27H,13-15H2,1-6H3;11,16H,7-10H2,1-6H3;/q-1;;/b;12-11-;. The summed E-state index contributed by atoms with van der Waals surface area (Å²) in [5.74, 6) is 3.25. The summed E-state index contributed by atoms with van der Waals surface area (Å²) in [5, 5.41) is 13.6. The smallest absolute Gasteiger partial charge is 0.164 e. The number of furan rings is 1. The molecule has 0 saturated heterocycles. The van der Waals surface area contributed by atoms with Crippen LogP contribution in [0.3, 0.4) is 0 Å². The predicted molar refractivity (Wildman–Crippen MR) is 217 cm³/mol. The summed E-state index contributed by atoms with van der Waals surface area (Å²) < 4.78 is 13.1. The molecule has 1 N–H and O–H groups in total.